The Balaban J connectivity index is 2.33. The van der Waals surface area contributed by atoms with Gasteiger partial charge in [-0.1, -0.05) is 12.2 Å². The van der Waals surface area contributed by atoms with Gasteiger partial charge in [0, 0.05) is 11.9 Å². The van der Waals surface area contributed by atoms with Crippen LogP contribution >= 0.6 is 11.6 Å². The topological polar surface area (TPSA) is 46.2 Å². The fourth-order valence-electron chi connectivity index (χ4n) is 1.27. The highest BCUT2D eigenvalue weighted by atomic mass is 35.5. The summed E-state index contributed by atoms with van der Waals surface area (Å²) >= 11 is 5.42. The van der Waals surface area contributed by atoms with Crippen LogP contribution in [-0.2, 0) is 10.0 Å². The lowest BCUT2D eigenvalue weighted by atomic mass is 10.3. The molecule has 1 aliphatic rings. The maximum absolute atomic E-state index is 11.3. The lowest BCUT2D eigenvalue weighted by Gasteiger charge is -2.11. The number of halogens is 1. The molecule has 1 aliphatic carbocycles. The first-order valence-corrected chi connectivity index (χ1v) is 6.54. The fourth-order valence-corrected chi connectivity index (χ4v) is 2.91. The highest BCUT2D eigenvalue weighted by molar-refractivity contribution is 7.89. The Morgan fingerprint density at radius 3 is 2.54 bits per heavy atom. The van der Waals surface area contributed by atoms with Gasteiger partial charge in [0.2, 0.25) is 10.0 Å². The predicted octanol–water partition coefficient (Wildman–Crippen LogP) is 1.25. The molecule has 0 aliphatic heterocycles. The molecule has 0 unspecified atom stereocenters. The summed E-state index contributed by atoms with van der Waals surface area (Å²) in [5.74, 6) is 0.525. The van der Waals surface area contributed by atoms with Crippen LogP contribution in [-0.4, -0.2) is 26.1 Å². The van der Waals surface area contributed by atoms with E-state index in [4.69, 9.17) is 11.6 Å². The third kappa shape index (κ3) is 4.11. The number of rotatable bonds is 5. The van der Waals surface area contributed by atoms with Crippen LogP contribution in [0.2, 0.25) is 0 Å². The molecular formula is C8H14ClNO2S. The average Bonchev–Trinajstić information content (AvgIpc) is 2.52. The minimum atomic E-state index is -3.10. The third-order valence-electron chi connectivity index (χ3n) is 1.90. The number of hydrogen-bond acceptors (Lipinski definition) is 2. The van der Waals surface area contributed by atoms with Crippen molar-refractivity contribution in [1.29, 1.82) is 0 Å². The van der Waals surface area contributed by atoms with Crippen LogP contribution in [0.15, 0.2) is 12.2 Å². The lowest BCUT2D eigenvalue weighted by Crippen LogP contribution is -2.34. The molecule has 0 radical (unpaired) electrons. The van der Waals surface area contributed by atoms with Crippen molar-refractivity contribution in [2.24, 2.45) is 0 Å². The fraction of sp³-hybridized carbons (Fsp3) is 0.750. The van der Waals surface area contributed by atoms with Crippen molar-refractivity contribution in [2.75, 3.05) is 11.6 Å². The quantitative estimate of drug-likeness (QED) is 0.563. The largest absolute Gasteiger partial charge is 0.212 e. The van der Waals surface area contributed by atoms with E-state index in [1.54, 1.807) is 0 Å². The molecule has 0 bridgehead atoms. The number of hydrogen-bond donors (Lipinski definition) is 1. The molecule has 0 aromatic carbocycles. The molecule has 0 spiro atoms. The molecule has 0 amide bonds. The van der Waals surface area contributed by atoms with Crippen LogP contribution in [0.3, 0.4) is 0 Å². The average molecular weight is 224 g/mol. The molecular weight excluding hydrogens is 210 g/mol. The van der Waals surface area contributed by atoms with Crippen molar-refractivity contribution in [2.45, 2.75) is 25.3 Å². The molecule has 13 heavy (non-hydrogen) atoms. The molecule has 0 saturated heterocycles. The zero-order valence-corrected chi connectivity index (χ0v) is 8.94. The summed E-state index contributed by atoms with van der Waals surface area (Å²) in [6, 6.07) is 0.0697. The minimum Gasteiger partial charge on any atom is -0.212 e. The van der Waals surface area contributed by atoms with E-state index in [0.717, 1.165) is 12.8 Å². The zero-order valence-electron chi connectivity index (χ0n) is 7.37. The second kappa shape index (κ2) is 4.98. The van der Waals surface area contributed by atoms with Gasteiger partial charge >= 0.3 is 0 Å². The first-order valence-electron chi connectivity index (χ1n) is 4.35. The molecule has 0 saturated carbocycles. The summed E-state index contributed by atoms with van der Waals surface area (Å²) in [5.41, 5.74) is 0. The van der Waals surface area contributed by atoms with E-state index in [1.807, 2.05) is 12.2 Å². The second-order valence-electron chi connectivity index (χ2n) is 3.12. The van der Waals surface area contributed by atoms with E-state index in [2.05, 4.69) is 4.72 Å². The van der Waals surface area contributed by atoms with Crippen molar-refractivity contribution >= 4 is 21.6 Å². The normalized spacial score (nSPS) is 18.2. The zero-order chi connectivity index (χ0) is 9.73. The predicted molar refractivity (Wildman–Crippen MR) is 54.4 cm³/mol. The van der Waals surface area contributed by atoms with Gasteiger partial charge < -0.3 is 0 Å². The molecule has 1 rings (SSSR count). The number of sulfonamides is 1. The van der Waals surface area contributed by atoms with Gasteiger partial charge in [-0.2, -0.15) is 0 Å². The van der Waals surface area contributed by atoms with Crippen molar-refractivity contribution < 1.29 is 8.42 Å². The molecule has 5 heteroatoms. The van der Waals surface area contributed by atoms with Crippen molar-refractivity contribution in [3.63, 3.8) is 0 Å². The van der Waals surface area contributed by atoms with E-state index in [-0.39, 0.29) is 11.8 Å². The first kappa shape index (κ1) is 11.0. The SMILES string of the molecule is O=S(=O)(CCCCl)NC1CC=CC1. The molecule has 76 valence electrons. The Bertz CT molecular complexity index is 266. The Kier molecular flexibility index (Phi) is 4.22. The highest BCUT2D eigenvalue weighted by Crippen LogP contribution is 2.10. The smallest absolute Gasteiger partial charge is 0.211 e. The van der Waals surface area contributed by atoms with Gasteiger partial charge in [0.15, 0.2) is 0 Å². The van der Waals surface area contributed by atoms with Gasteiger partial charge in [-0.25, -0.2) is 13.1 Å². The molecule has 0 aromatic rings. The van der Waals surface area contributed by atoms with Crippen LogP contribution in [0.5, 0.6) is 0 Å². The molecule has 0 aromatic heterocycles. The van der Waals surface area contributed by atoms with Crippen LogP contribution in [0.25, 0.3) is 0 Å². The van der Waals surface area contributed by atoms with Crippen LogP contribution in [0.4, 0.5) is 0 Å². The molecule has 0 fully saturated rings. The molecule has 0 atom stereocenters. The van der Waals surface area contributed by atoms with E-state index in [1.165, 1.54) is 0 Å². The lowest BCUT2D eigenvalue weighted by molar-refractivity contribution is 0.556. The summed E-state index contributed by atoms with van der Waals surface area (Å²) in [6.07, 6.45) is 6.11. The summed E-state index contributed by atoms with van der Waals surface area (Å²) in [7, 11) is -3.10. The van der Waals surface area contributed by atoms with E-state index in [0.29, 0.717) is 12.3 Å². The van der Waals surface area contributed by atoms with Crippen molar-refractivity contribution in [3.05, 3.63) is 12.2 Å². The monoisotopic (exact) mass is 223 g/mol. The molecule has 3 nitrogen and oxygen atoms in total. The Hall–Kier alpha value is -0.0600. The number of nitrogens with one attached hydrogen (secondary N) is 1. The first-order chi connectivity index (χ1) is 6.14. The van der Waals surface area contributed by atoms with Crippen molar-refractivity contribution in [3.8, 4) is 0 Å². The summed E-state index contributed by atoms with van der Waals surface area (Å²) in [4.78, 5) is 0. The van der Waals surface area contributed by atoms with Gasteiger partial charge in [0.1, 0.15) is 0 Å². The standard InChI is InChI=1S/C8H14ClNO2S/c9-6-3-7-13(11,12)10-8-4-1-2-5-8/h1-2,8,10H,3-7H2. The van der Waals surface area contributed by atoms with Crippen LogP contribution < -0.4 is 4.72 Å². The number of alkyl halides is 1. The van der Waals surface area contributed by atoms with Crippen molar-refractivity contribution in [1.82, 2.24) is 4.72 Å². The maximum Gasteiger partial charge on any atom is 0.211 e. The summed E-state index contributed by atoms with van der Waals surface area (Å²) < 4.78 is 25.3. The van der Waals surface area contributed by atoms with E-state index < -0.39 is 10.0 Å². The summed E-state index contributed by atoms with van der Waals surface area (Å²) in [5, 5.41) is 0. The Morgan fingerprint density at radius 2 is 2.00 bits per heavy atom. The van der Waals surface area contributed by atoms with E-state index in [9.17, 15) is 8.42 Å². The van der Waals surface area contributed by atoms with Gasteiger partial charge in [0.05, 0.1) is 5.75 Å². The van der Waals surface area contributed by atoms with Gasteiger partial charge in [-0.05, 0) is 19.3 Å². The highest BCUT2D eigenvalue weighted by Gasteiger charge is 2.17. The van der Waals surface area contributed by atoms with Crippen LogP contribution in [0, 0.1) is 0 Å². The summed E-state index contributed by atoms with van der Waals surface area (Å²) in [6.45, 7) is 0. The van der Waals surface area contributed by atoms with Crippen LogP contribution in [0.1, 0.15) is 19.3 Å². The molecule has 0 heterocycles. The van der Waals surface area contributed by atoms with Gasteiger partial charge in [-0.3, -0.25) is 0 Å². The van der Waals surface area contributed by atoms with Gasteiger partial charge in [0.25, 0.3) is 0 Å². The van der Waals surface area contributed by atoms with E-state index >= 15 is 0 Å². The Labute approximate surface area is 84.2 Å². The third-order valence-corrected chi connectivity index (χ3v) is 3.69. The minimum absolute atomic E-state index is 0.0697. The van der Waals surface area contributed by atoms with Gasteiger partial charge in [-0.15, -0.1) is 11.6 Å². The maximum atomic E-state index is 11.3. The Morgan fingerprint density at radius 1 is 1.38 bits per heavy atom. The molecule has 1 N–H and O–H groups in total. The second-order valence-corrected chi connectivity index (χ2v) is 5.37.